The first-order chi connectivity index (χ1) is 9.54. The highest BCUT2D eigenvalue weighted by Crippen LogP contribution is 2.20. The van der Waals surface area contributed by atoms with Gasteiger partial charge in [-0.15, -0.1) is 0 Å². The molecule has 3 N–H and O–H groups in total. The van der Waals surface area contributed by atoms with Gasteiger partial charge >= 0.3 is 0 Å². The van der Waals surface area contributed by atoms with Crippen molar-refractivity contribution in [2.75, 3.05) is 20.1 Å². The minimum Gasteiger partial charge on any atom is -0.393 e. The minimum absolute atomic E-state index is 0.0471. The van der Waals surface area contributed by atoms with E-state index in [0.717, 1.165) is 5.56 Å². The number of hydrogen-bond donors (Lipinski definition) is 3. The van der Waals surface area contributed by atoms with Gasteiger partial charge in [0, 0.05) is 24.9 Å². The molecule has 1 aromatic carbocycles. The van der Waals surface area contributed by atoms with Crippen molar-refractivity contribution < 1.29 is 9.90 Å². The van der Waals surface area contributed by atoms with E-state index in [2.05, 4.69) is 10.6 Å². The molecule has 1 amide bonds. The van der Waals surface area contributed by atoms with E-state index in [1.54, 1.807) is 6.92 Å². The first kappa shape index (κ1) is 16.7. The van der Waals surface area contributed by atoms with Gasteiger partial charge in [-0.3, -0.25) is 4.79 Å². The van der Waals surface area contributed by atoms with Gasteiger partial charge in [0.2, 0.25) is 5.91 Å². The van der Waals surface area contributed by atoms with Crippen molar-refractivity contribution in [1.82, 2.24) is 10.6 Å². The van der Waals surface area contributed by atoms with E-state index < -0.39 is 0 Å². The predicted molar refractivity (Wildman–Crippen MR) is 81.6 cm³/mol. The van der Waals surface area contributed by atoms with Gasteiger partial charge in [0.25, 0.3) is 0 Å². The summed E-state index contributed by atoms with van der Waals surface area (Å²) in [6, 6.07) is 10.0. The molecule has 0 fully saturated rings. The van der Waals surface area contributed by atoms with Crippen LogP contribution in [0.4, 0.5) is 0 Å². The molecule has 1 rings (SSSR count). The molecular weight excluding hydrogens is 252 g/mol. The molecule has 0 bridgehead atoms. The predicted octanol–water partition coefficient (Wildman–Crippen LogP) is 1.51. The summed E-state index contributed by atoms with van der Waals surface area (Å²) < 4.78 is 0. The zero-order chi connectivity index (χ0) is 15.0. The Labute approximate surface area is 121 Å². The number of rotatable bonds is 8. The smallest absolute Gasteiger partial charge is 0.224 e. The number of nitrogens with one attached hydrogen (secondary N) is 2. The second-order valence-corrected chi connectivity index (χ2v) is 5.40. The molecule has 3 atom stereocenters. The highest BCUT2D eigenvalue weighted by Gasteiger charge is 2.17. The van der Waals surface area contributed by atoms with Crippen LogP contribution in [0.1, 0.15) is 31.7 Å². The summed E-state index contributed by atoms with van der Waals surface area (Å²) in [4.78, 5) is 11.9. The molecule has 0 aliphatic carbocycles. The molecule has 0 saturated carbocycles. The summed E-state index contributed by atoms with van der Waals surface area (Å²) in [5.41, 5.74) is 1.15. The fraction of sp³-hybridized carbons (Fsp3) is 0.562. The SMILES string of the molecule is CNCC(C)C(=O)NCC(CC(C)O)c1ccccc1. The summed E-state index contributed by atoms with van der Waals surface area (Å²) >= 11 is 0. The fourth-order valence-corrected chi connectivity index (χ4v) is 2.27. The third-order valence-corrected chi connectivity index (χ3v) is 3.38. The Morgan fingerprint density at radius 3 is 2.40 bits per heavy atom. The summed E-state index contributed by atoms with van der Waals surface area (Å²) in [5, 5.41) is 15.6. The lowest BCUT2D eigenvalue weighted by Crippen LogP contribution is -2.37. The first-order valence-electron chi connectivity index (χ1n) is 7.20. The van der Waals surface area contributed by atoms with E-state index in [0.29, 0.717) is 19.5 Å². The van der Waals surface area contributed by atoms with E-state index in [-0.39, 0.29) is 23.8 Å². The molecule has 0 radical (unpaired) electrons. The number of carbonyl (C=O) groups excluding carboxylic acids is 1. The molecule has 0 aliphatic heterocycles. The summed E-state index contributed by atoms with van der Waals surface area (Å²) in [7, 11) is 1.84. The van der Waals surface area contributed by atoms with Crippen molar-refractivity contribution in [3.8, 4) is 0 Å². The topological polar surface area (TPSA) is 61.4 Å². The lowest BCUT2D eigenvalue weighted by atomic mass is 9.93. The Balaban J connectivity index is 2.60. The second kappa shape index (κ2) is 8.72. The van der Waals surface area contributed by atoms with Crippen molar-refractivity contribution in [2.24, 2.45) is 5.92 Å². The zero-order valence-electron chi connectivity index (χ0n) is 12.6. The van der Waals surface area contributed by atoms with Gasteiger partial charge in [-0.1, -0.05) is 37.3 Å². The van der Waals surface area contributed by atoms with Gasteiger partial charge in [-0.05, 0) is 26.0 Å². The third kappa shape index (κ3) is 5.72. The van der Waals surface area contributed by atoms with Gasteiger partial charge in [0.05, 0.1) is 6.10 Å². The van der Waals surface area contributed by atoms with Crippen LogP contribution in [0.5, 0.6) is 0 Å². The van der Waals surface area contributed by atoms with Crippen LogP contribution >= 0.6 is 0 Å². The Kier molecular flexibility index (Phi) is 7.26. The average molecular weight is 278 g/mol. The van der Waals surface area contributed by atoms with Gasteiger partial charge in [-0.25, -0.2) is 0 Å². The largest absolute Gasteiger partial charge is 0.393 e. The zero-order valence-corrected chi connectivity index (χ0v) is 12.6. The summed E-state index contributed by atoms with van der Waals surface area (Å²) in [5.74, 6) is 0.135. The quantitative estimate of drug-likeness (QED) is 0.675. The van der Waals surface area contributed by atoms with E-state index in [9.17, 15) is 9.90 Å². The van der Waals surface area contributed by atoms with Crippen molar-refractivity contribution >= 4 is 5.91 Å². The molecule has 4 heteroatoms. The average Bonchev–Trinajstić information content (AvgIpc) is 2.44. The Morgan fingerprint density at radius 1 is 1.20 bits per heavy atom. The van der Waals surface area contributed by atoms with E-state index >= 15 is 0 Å². The molecule has 0 heterocycles. The lowest BCUT2D eigenvalue weighted by Gasteiger charge is -2.21. The molecular formula is C16H26N2O2. The molecule has 20 heavy (non-hydrogen) atoms. The first-order valence-corrected chi connectivity index (χ1v) is 7.20. The molecule has 3 unspecified atom stereocenters. The molecule has 112 valence electrons. The Bertz CT molecular complexity index is 393. The van der Waals surface area contributed by atoms with Crippen LogP contribution in [0.2, 0.25) is 0 Å². The summed E-state index contributed by atoms with van der Waals surface area (Å²) in [6.45, 7) is 4.90. The highest BCUT2D eigenvalue weighted by atomic mass is 16.3. The van der Waals surface area contributed by atoms with E-state index in [4.69, 9.17) is 0 Å². The molecule has 1 aromatic rings. The number of aliphatic hydroxyl groups excluding tert-OH is 1. The lowest BCUT2D eigenvalue weighted by molar-refractivity contribution is -0.124. The van der Waals surface area contributed by atoms with Crippen LogP contribution in [0.15, 0.2) is 30.3 Å². The summed E-state index contributed by atoms with van der Waals surface area (Å²) in [6.07, 6.45) is 0.261. The number of hydrogen-bond acceptors (Lipinski definition) is 3. The Hall–Kier alpha value is -1.39. The number of amides is 1. The monoisotopic (exact) mass is 278 g/mol. The Morgan fingerprint density at radius 2 is 1.85 bits per heavy atom. The van der Waals surface area contributed by atoms with Crippen LogP contribution in [0.3, 0.4) is 0 Å². The molecule has 0 saturated heterocycles. The molecule has 0 spiro atoms. The molecule has 4 nitrogen and oxygen atoms in total. The van der Waals surface area contributed by atoms with Gasteiger partial charge in [0.15, 0.2) is 0 Å². The second-order valence-electron chi connectivity index (χ2n) is 5.40. The van der Waals surface area contributed by atoms with Gasteiger partial charge in [-0.2, -0.15) is 0 Å². The van der Waals surface area contributed by atoms with Crippen LogP contribution in [-0.4, -0.2) is 37.3 Å². The van der Waals surface area contributed by atoms with Crippen LogP contribution in [-0.2, 0) is 4.79 Å². The number of aliphatic hydroxyl groups is 1. The fourth-order valence-electron chi connectivity index (χ4n) is 2.27. The van der Waals surface area contributed by atoms with Crippen molar-refractivity contribution in [3.05, 3.63) is 35.9 Å². The van der Waals surface area contributed by atoms with Crippen LogP contribution in [0, 0.1) is 5.92 Å². The van der Waals surface area contributed by atoms with Gasteiger partial charge < -0.3 is 15.7 Å². The number of carbonyl (C=O) groups is 1. The number of benzene rings is 1. The maximum Gasteiger partial charge on any atom is 0.224 e. The molecule has 0 aromatic heterocycles. The normalized spacial score (nSPS) is 15.4. The van der Waals surface area contributed by atoms with Crippen LogP contribution < -0.4 is 10.6 Å². The minimum atomic E-state index is -0.383. The van der Waals surface area contributed by atoms with Crippen molar-refractivity contribution in [1.29, 1.82) is 0 Å². The van der Waals surface area contributed by atoms with Crippen molar-refractivity contribution in [2.45, 2.75) is 32.3 Å². The van der Waals surface area contributed by atoms with E-state index in [1.165, 1.54) is 0 Å². The third-order valence-electron chi connectivity index (χ3n) is 3.38. The maximum atomic E-state index is 11.9. The van der Waals surface area contributed by atoms with E-state index in [1.807, 2.05) is 44.3 Å². The molecule has 0 aliphatic rings. The van der Waals surface area contributed by atoms with Crippen LogP contribution in [0.25, 0.3) is 0 Å². The highest BCUT2D eigenvalue weighted by molar-refractivity contribution is 5.78. The van der Waals surface area contributed by atoms with Crippen molar-refractivity contribution in [3.63, 3.8) is 0 Å². The standard InChI is InChI=1S/C16H26N2O2/c1-12(10-17-3)16(20)18-11-15(9-13(2)19)14-7-5-4-6-8-14/h4-8,12-13,15,17,19H,9-11H2,1-3H3,(H,18,20). The maximum absolute atomic E-state index is 11.9. The van der Waals surface area contributed by atoms with Gasteiger partial charge in [0.1, 0.15) is 0 Å².